The summed E-state index contributed by atoms with van der Waals surface area (Å²) in [6, 6.07) is 71.2. The maximum atomic E-state index is 2.51. The predicted octanol–water partition coefficient (Wildman–Crippen LogP) is 13.7. The molecule has 10 aromatic rings. The summed E-state index contributed by atoms with van der Waals surface area (Å²) in [6.07, 6.45) is 0. The quantitative estimate of drug-likeness (QED) is 0.169. The lowest BCUT2D eigenvalue weighted by Gasteiger charge is -2.34. The molecule has 0 saturated carbocycles. The fourth-order valence-corrected chi connectivity index (χ4v) is 8.67. The van der Waals surface area contributed by atoms with Crippen LogP contribution in [0, 0.1) is 0 Å². The second-order valence-electron chi connectivity index (χ2n) is 14.1. The van der Waals surface area contributed by atoms with Crippen LogP contribution in [0.1, 0.15) is 5.56 Å². The normalized spacial score (nSPS) is 12.4. The van der Waals surface area contributed by atoms with Crippen LogP contribution >= 0.6 is 0 Å². The number of hydrogen-bond acceptors (Lipinski definition) is 1. The van der Waals surface area contributed by atoms with Crippen LogP contribution in [0.15, 0.2) is 194 Å². The molecule has 1 aliphatic heterocycles. The first kappa shape index (κ1) is 29.8. The first-order valence-electron chi connectivity index (χ1n) is 18.4. The summed E-state index contributed by atoms with van der Waals surface area (Å²) in [6.45, 7) is 0.810. The van der Waals surface area contributed by atoms with Crippen molar-refractivity contribution < 1.29 is 0 Å². The zero-order chi connectivity index (χ0) is 34.9. The summed E-state index contributed by atoms with van der Waals surface area (Å²) in [5, 5.41) is 7.65. The van der Waals surface area contributed by atoms with Gasteiger partial charge in [0.25, 0.3) is 0 Å². The number of aromatic nitrogens is 1. The SMILES string of the molecule is c1ccc(-c2ccc(-n3c4ccccc4c4cc(-c5ccc6c(c5)-c5ccccc5N(c5cc7ccccc7c7ccccc57)C6)ccc43)cc2)cc1. The van der Waals surface area contributed by atoms with Crippen molar-refractivity contribution in [2.45, 2.75) is 6.54 Å². The number of para-hydroxylation sites is 2. The molecule has 248 valence electrons. The second kappa shape index (κ2) is 11.8. The topological polar surface area (TPSA) is 8.17 Å². The van der Waals surface area contributed by atoms with Crippen molar-refractivity contribution in [3.05, 3.63) is 200 Å². The van der Waals surface area contributed by atoms with Crippen molar-refractivity contribution in [1.29, 1.82) is 0 Å². The van der Waals surface area contributed by atoms with Crippen molar-refractivity contribution >= 4 is 54.7 Å². The van der Waals surface area contributed by atoms with Gasteiger partial charge in [-0.2, -0.15) is 0 Å². The fourth-order valence-electron chi connectivity index (χ4n) is 8.67. The molecule has 0 fully saturated rings. The van der Waals surface area contributed by atoms with Crippen molar-refractivity contribution in [3.8, 4) is 39.1 Å². The van der Waals surface area contributed by atoms with E-state index < -0.39 is 0 Å². The van der Waals surface area contributed by atoms with E-state index in [9.17, 15) is 0 Å². The summed E-state index contributed by atoms with van der Waals surface area (Å²) >= 11 is 0. The van der Waals surface area contributed by atoms with Crippen LogP contribution in [0.5, 0.6) is 0 Å². The molecule has 9 aromatic carbocycles. The highest BCUT2D eigenvalue weighted by Gasteiger charge is 2.25. The van der Waals surface area contributed by atoms with Gasteiger partial charge < -0.3 is 9.47 Å². The average molecular weight is 675 g/mol. The average Bonchev–Trinajstić information content (AvgIpc) is 3.57. The molecule has 0 saturated heterocycles. The van der Waals surface area contributed by atoms with Crippen molar-refractivity contribution in [2.75, 3.05) is 4.90 Å². The van der Waals surface area contributed by atoms with Gasteiger partial charge in [0, 0.05) is 45.3 Å². The molecule has 2 heteroatoms. The third-order valence-corrected chi connectivity index (χ3v) is 11.2. The Hall–Kier alpha value is -6.90. The van der Waals surface area contributed by atoms with E-state index in [4.69, 9.17) is 0 Å². The fraction of sp³-hybridized carbons (Fsp3) is 0.0196. The Balaban J connectivity index is 1.01. The van der Waals surface area contributed by atoms with Crippen molar-refractivity contribution in [2.24, 2.45) is 0 Å². The molecule has 1 aromatic heterocycles. The molecule has 0 bridgehead atoms. The first-order chi connectivity index (χ1) is 26.3. The van der Waals surface area contributed by atoms with Crippen LogP contribution in [-0.4, -0.2) is 4.57 Å². The van der Waals surface area contributed by atoms with Gasteiger partial charge in [-0.05, 0) is 98.1 Å². The Morgan fingerprint density at radius 3 is 1.83 bits per heavy atom. The molecule has 0 atom stereocenters. The van der Waals surface area contributed by atoms with Crippen LogP contribution in [0.3, 0.4) is 0 Å². The molecule has 0 N–H and O–H groups in total. The van der Waals surface area contributed by atoms with E-state index >= 15 is 0 Å². The standard InChI is InChI=1S/C51H34N2/c1-2-12-34(13-3-1)35-24-27-40(28-25-35)53-49-21-11-9-19-45(49)47-31-37(26-29-50(47)53)36-22-23-39-33-52(48-20-10-8-18-44(48)46(39)30-36)51-32-38-14-4-5-15-41(38)42-16-6-7-17-43(42)51/h1-32H,33H2. The smallest absolute Gasteiger partial charge is 0.0541 e. The largest absolute Gasteiger partial charge is 0.336 e. The Kier molecular flexibility index (Phi) is 6.65. The minimum absolute atomic E-state index is 0.810. The van der Waals surface area contributed by atoms with Crippen LogP contribution in [0.2, 0.25) is 0 Å². The number of fused-ring (bicyclic) bond motifs is 9. The lowest BCUT2D eigenvalue weighted by molar-refractivity contribution is 0.967. The zero-order valence-corrected chi connectivity index (χ0v) is 29.1. The monoisotopic (exact) mass is 674 g/mol. The van der Waals surface area contributed by atoms with Crippen LogP contribution < -0.4 is 4.90 Å². The van der Waals surface area contributed by atoms with E-state index in [1.54, 1.807) is 0 Å². The summed E-state index contributed by atoms with van der Waals surface area (Å²) in [7, 11) is 0. The Morgan fingerprint density at radius 1 is 0.340 bits per heavy atom. The van der Waals surface area contributed by atoms with E-state index in [1.807, 2.05) is 0 Å². The highest BCUT2D eigenvalue weighted by molar-refractivity contribution is 6.14. The van der Waals surface area contributed by atoms with Crippen LogP contribution in [-0.2, 0) is 6.54 Å². The molecule has 0 radical (unpaired) electrons. The molecule has 53 heavy (non-hydrogen) atoms. The van der Waals surface area contributed by atoms with Gasteiger partial charge in [-0.15, -0.1) is 0 Å². The van der Waals surface area contributed by atoms with Gasteiger partial charge in [-0.25, -0.2) is 0 Å². The van der Waals surface area contributed by atoms with Crippen LogP contribution in [0.25, 0.3) is 82.4 Å². The van der Waals surface area contributed by atoms with Crippen molar-refractivity contribution in [3.63, 3.8) is 0 Å². The summed E-state index contributed by atoms with van der Waals surface area (Å²) in [5.74, 6) is 0. The molecule has 11 rings (SSSR count). The summed E-state index contributed by atoms with van der Waals surface area (Å²) in [4.78, 5) is 2.51. The highest BCUT2D eigenvalue weighted by Crippen LogP contribution is 2.47. The molecule has 0 aliphatic carbocycles. The Bertz CT molecular complexity index is 3020. The van der Waals surface area contributed by atoms with Gasteiger partial charge in [0.05, 0.1) is 11.0 Å². The van der Waals surface area contributed by atoms with E-state index in [0.29, 0.717) is 0 Å². The summed E-state index contributed by atoms with van der Waals surface area (Å²) < 4.78 is 2.40. The third kappa shape index (κ3) is 4.73. The third-order valence-electron chi connectivity index (χ3n) is 11.2. The summed E-state index contributed by atoms with van der Waals surface area (Å²) in [5.41, 5.74) is 14.9. The molecule has 0 unspecified atom stereocenters. The first-order valence-corrected chi connectivity index (χ1v) is 18.4. The van der Waals surface area contributed by atoms with E-state index in [0.717, 1.165) is 12.2 Å². The minimum Gasteiger partial charge on any atom is -0.336 e. The van der Waals surface area contributed by atoms with Gasteiger partial charge in [0.2, 0.25) is 0 Å². The molecular weight excluding hydrogens is 641 g/mol. The van der Waals surface area contributed by atoms with Gasteiger partial charge >= 0.3 is 0 Å². The van der Waals surface area contributed by atoms with Gasteiger partial charge in [0.15, 0.2) is 0 Å². The van der Waals surface area contributed by atoms with E-state index in [2.05, 4.69) is 204 Å². The Labute approximate surface area is 308 Å². The Morgan fingerprint density at radius 2 is 0.962 bits per heavy atom. The molecule has 0 amide bonds. The van der Waals surface area contributed by atoms with Crippen molar-refractivity contribution in [1.82, 2.24) is 4.57 Å². The highest BCUT2D eigenvalue weighted by atomic mass is 15.1. The second-order valence-corrected chi connectivity index (χ2v) is 14.1. The zero-order valence-electron chi connectivity index (χ0n) is 29.1. The molecule has 1 aliphatic rings. The molecule has 2 nitrogen and oxygen atoms in total. The number of anilines is 2. The van der Waals surface area contributed by atoms with Gasteiger partial charge in [0.1, 0.15) is 0 Å². The number of nitrogens with zero attached hydrogens (tertiary/aromatic N) is 2. The van der Waals surface area contributed by atoms with E-state index in [-0.39, 0.29) is 0 Å². The lowest BCUT2D eigenvalue weighted by atomic mass is 9.89. The lowest BCUT2D eigenvalue weighted by Crippen LogP contribution is -2.21. The number of hydrogen-bond donors (Lipinski definition) is 0. The maximum Gasteiger partial charge on any atom is 0.0541 e. The molecule has 0 spiro atoms. The number of benzene rings is 9. The van der Waals surface area contributed by atoms with Crippen LogP contribution in [0.4, 0.5) is 11.4 Å². The van der Waals surface area contributed by atoms with Gasteiger partial charge in [-0.3, -0.25) is 0 Å². The van der Waals surface area contributed by atoms with E-state index in [1.165, 1.54) is 93.7 Å². The maximum absolute atomic E-state index is 2.51. The molecule has 2 heterocycles. The predicted molar refractivity (Wildman–Crippen MR) is 224 cm³/mol. The number of rotatable bonds is 4. The van der Waals surface area contributed by atoms with Gasteiger partial charge in [-0.1, -0.05) is 146 Å². The molecular formula is C51H34N2. The minimum atomic E-state index is 0.810.